The van der Waals surface area contributed by atoms with Crippen molar-refractivity contribution in [3.05, 3.63) is 58.8 Å². The molecule has 29 heavy (non-hydrogen) atoms. The number of rotatable bonds is 8. The largest absolute Gasteiger partial charge is 0.493 e. The fourth-order valence-electron chi connectivity index (χ4n) is 2.73. The fourth-order valence-corrected chi connectivity index (χ4v) is 2.91. The number of furan rings is 1. The number of carbonyl (C=O) groups is 2. The second kappa shape index (κ2) is 9.34. The molecule has 3 rings (SSSR count). The first-order chi connectivity index (χ1) is 14.0. The number of nitrogens with one attached hydrogen (secondary N) is 2. The summed E-state index contributed by atoms with van der Waals surface area (Å²) in [4.78, 5) is 23.9. The van der Waals surface area contributed by atoms with E-state index < -0.39 is 0 Å². The lowest BCUT2D eigenvalue weighted by Crippen LogP contribution is -2.28. The first-order valence-electron chi connectivity index (χ1n) is 9.04. The Morgan fingerprint density at radius 2 is 1.90 bits per heavy atom. The first kappa shape index (κ1) is 20.5. The van der Waals surface area contributed by atoms with Crippen LogP contribution in [0.4, 0.5) is 0 Å². The molecule has 8 heteroatoms. The molecule has 0 aliphatic carbocycles. The number of likely N-dealkylation sites (N-methyl/N-ethyl adjacent to an activating group) is 1. The lowest BCUT2D eigenvalue weighted by molar-refractivity contribution is -0.123. The Morgan fingerprint density at radius 1 is 1.07 bits per heavy atom. The molecule has 0 saturated carbocycles. The summed E-state index contributed by atoms with van der Waals surface area (Å²) in [6, 6.07) is 12.0. The van der Waals surface area contributed by atoms with Crippen LogP contribution in [0.3, 0.4) is 0 Å². The van der Waals surface area contributed by atoms with E-state index in [2.05, 4.69) is 10.6 Å². The average Bonchev–Trinajstić information content (AvgIpc) is 3.14. The van der Waals surface area contributed by atoms with Gasteiger partial charge in [-0.05, 0) is 48.9 Å². The maximum absolute atomic E-state index is 12.4. The molecule has 2 N–H and O–H groups in total. The maximum Gasteiger partial charge on any atom is 0.287 e. The van der Waals surface area contributed by atoms with Gasteiger partial charge in [-0.25, -0.2) is 0 Å². The minimum atomic E-state index is -0.340. The number of benzene rings is 2. The van der Waals surface area contributed by atoms with Crippen molar-refractivity contribution >= 4 is 34.4 Å². The van der Waals surface area contributed by atoms with Crippen molar-refractivity contribution in [1.29, 1.82) is 0 Å². The molecule has 2 amide bonds. The summed E-state index contributed by atoms with van der Waals surface area (Å²) in [6.07, 6.45) is 0. The van der Waals surface area contributed by atoms with Crippen molar-refractivity contribution in [3.8, 4) is 11.5 Å². The predicted octanol–water partition coefficient (Wildman–Crippen LogP) is 3.54. The van der Waals surface area contributed by atoms with Crippen molar-refractivity contribution in [2.24, 2.45) is 0 Å². The Balaban J connectivity index is 1.63. The van der Waals surface area contributed by atoms with E-state index in [0.717, 1.165) is 10.9 Å². The maximum atomic E-state index is 12.4. The molecule has 7 nitrogen and oxygen atoms in total. The number of fused-ring (bicyclic) bond motifs is 1. The monoisotopic (exact) mass is 416 g/mol. The van der Waals surface area contributed by atoms with Crippen LogP contribution in [0.2, 0.25) is 5.02 Å². The van der Waals surface area contributed by atoms with Crippen molar-refractivity contribution in [1.82, 2.24) is 10.6 Å². The van der Waals surface area contributed by atoms with Gasteiger partial charge in [0.2, 0.25) is 0 Å². The Morgan fingerprint density at radius 3 is 2.66 bits per heavy atom. The second-order valence-corrected chi connectivity index (χ2v) is 6.64. The van der Waals surface area contributed by atoms with E-state index in [-0.39, 0.29) is 30.7 Å². The Kier molecular flexibility index (Phi) is 6.61. The first-order valence-corrected chi connectivity index (χ1v) is 9.41. The second-order valence-electron chi connectivity index (χ2n) is 6.20. The zero-order chi connectivity index (χ0) is 20.8. The summed E-state index contributed by atoms with van der Waals surface area (Å²) in [7, 11) is 1.51. The van der Waals surface area contributed by atoms with E-state index in [1.165, 1.54) is 7.11 Å². The molecule has 0 saturated heterocycles. The van der Waals surface area contributed by atoms with Crippen LogP contribution in [0.15, 0.2) is 46.9 Å². The quantitative estimate of drug-likeness (QED) is 0.586. The van der Waals surface area contributed by atoms with Crippen LogP contribution in [0.5, 0.6) is 11.5 Å². The smallest absolute Gasteiger partial charge is 0.287 e. The lowest BCUT2D eigenvalue weighted by Gasteiger charge is -2.12. The number of methoxy groups -OCH3 is 1. The summed E-state index contributed by atoms with van der Waals surface area (Å²) < 4.78 is 16.4. The summed E-state index contributed by atoms with van der Waals surface area (Å²) in [6.45, 7) is 2.54. The van der Waals surface area contributed by atoms with Crippen LogP contribution in [0.25, 0.3) is 11.0 Å². The molecule has 0 fully saturated rings. The van der Waals surface area contributed by atoms with Gasteiger partial charge < -0.3 is 24.5 Å². The average molecular weight is 417 g/mol. The molecule has 2 aromatic carbocycles. The number of ether oxygens (including phenoxy) is 2. The number of carbonyl (C=O) groups excluding carboxylic acids is 2. The summed E-state index contributed by atoms with van der Waals surface area (Å²) in [5.41, 5.74) is 1.40. The molecule has 0 aliphatic rings. The molecule has 0 bridgehead atoms. The topological polar surface area (TPSA) is 89.8 Å². The van der Waals surface area contributed by atoms with Crippen LogP contribution in [0.1, 0.15) is 23.0 Å². The van der Waals surface area contributed by atoms with Gasteiger partial charge >= 0.3 is 0 Å². The highest BCUT2D eigenvalue weighted by Crippen LogP contribution is 2.28. The van der Waals surface area contributed by atoms with Crippen LogP contribution in [-0.2, 0) is 11.3 Å². The molecule has 0 aliphatic heterocycles. The normalized spacial score (nSPS) is 10.6. The lowest BCUT2D eigenvalue weighted by atomic mass is 10.2. The number of hydrogen-bond acceptors (Lipinski definition) is 5. The highest BCUT2D eigenvalue weighted by atomic mass is 35.5. The third kappa shape index (κ3) is 5.20. The molecular weight excluding hydrogens is 396 g/mol. The molecule has 152 valence electrons. The highest BCUT2D eigenvalue weighted by molar-refractivity contribution is 6.31. The van der Waals surface area contributed by atoms with Gasteiger partial charge in [-0.3, -0.25) is 9.59 Å². The van der Waals surface area contributed by atoms with E-state index >= 15 is 0 Å². The fraction of sp³-hybridized carbons (Fsp3) is 0.238. The van der Waals surface area contributed by atoms with Gasteiger partial charge in [0, 0.05) is 23.5 Å². The molecule has 1 aromatic heterocycles. The number of amides is 2. The summed E-state index contributed by atoms with van der Waals surface area (Å²) >= 11 is 5.96. The van der Waals surface area contributed by atoms with Crippen LogP contribution in [-0.4, -0.2) is 32.1 Å². The van der Waals surface area contributed by atoms with Gasteiger partial charge in [0.25, 0.3) is 11.8 Å². The third-order valence-corrected chi connectivity index (χ3v) is 4.35. The van der Waals surface area contributed by atoms with Crippen LogP contribution >= 0.6 is 11.6 Å². The molecule has 0 unspecified atom stereocenters. The van der Waals surface area contributed by atoms with Gasteiger partial charge in [0.15, 0.2) is 23.9 Å². The highest BCUT2D eigenvalue weighted by Gasteiger charge is 2.13. The van der Waals surface area contributed by atoms with Crippen LogP contribution in [0, 0.1) is 0 Å². The summed E-state index contributed by atoms with van der Waals surface area (Å²) in [5, 5.41) is 6.80. The van der Waals surface area contributed by atoms with E-state index in [1.54, 1.807) is 42.5 Å². The van der Waals surface area contributed by atoms with Crippen molar-refractivity contribution in [3.63, 3.8) is 0 Å². The Hall–Kier alpha value is -3.19. The van der Waals surface area contributed by atoms with E-state index in [9.17, 15) is 9.59 Å². The predicted molar refractivity (Wildman–Crippen MR) is 110 cm³/mol. The molecule has 1 heterocycles. The third-order valence-electron chi connectivity index (χ3n) is 4.12. The standard InChI is InChI=1S/C21H21ClN2O5/c1-3-23-20(25)12-28-17-6-4-13(8-18(17)27-2)11-24-21(26)19-10-14-9-15(22)5-7-16(14)29-19/h4-10H,3,11-12H2,1-2H3,(H,23,25)(H,24,26). The molecule has 0 radical (unpaired) electrons. The summed E-state index contributed by atoms with van der Waals surface area (Å²) in [5.74, 6) is 0.574. The number of hydrogen-bond donors (Lipinski definition) is 2. The van der Waals surface area contributed by atoms with Gasteiger partial charge in [-0.2, -0.15) is 0 Å². The van der Waals surface area contributed by atoms with E-state index in [0.29, 0.717) is 28.6 Å². The van der Waals surface area contributed by atoms with Gasteiger partial charge in [-0.15, -0.1) is 0 Å². The minimum Gasteiger partial charge on any atom is -0.493 e. The van der Waals surface area contributed by atoms with Crippen LogP contribution < -0.4 is 20.1 Å². The number of halogens is 1. The zero-order valence-electron chi connectivity index (χ0n) is 16.1. The molecule has 3 aromatic rings. The van der Waals surface area contributed by atoms with Crippen molar-refractivity contribution in [2.75, 3.05) is 20.3 Å². The van der Waals surface area contributed by atoms with Crippen molar-refractivity contribution < 1.29 is 23.5 Å². The van der Waals surface area contributed by atoms with Gasteiger partial charge in [0.05, 0.1) is 7.11 Å². The van der Waals surface area contributed by atoms with E-state index in [1.807, 2.05) is 6.92 Å². The van der Waals surface area contributed by atoms with Gasteiger partial charge in [-0.1, -0.05) is 17.7 Å². The van der Waals surface area contributed by atoms with Crippen molar-refractivity contribution in [2.45, 2.75) is 13.5 Å². The van der Waals surface area contributed by atoms with Gasteiger partial charge in [0.1, 0.15) is 5.58 Å². The van der Waals surface area contributed by atoms with E-state index in [4.69, 9.17) is 25.5 Å². The molecule has 0 spiro atoms. The molecular formula is C21H21ClN2O5. The molecule has 0 atom stereocenters. The minimum absolute atomic E-state index is 0.101. The SMILES string of the molecule is CCNC(=O)COc1ccc(CNC(=O)c2cc3cc(Cl)ccc3o2)cc1OC. The zero-order valence-corrected chi connectivity index (χ0v) is 16.8. The Bertz CT molecular complexity index is 1030. The Labute approximate surface area is 172 Å².